The molecule has 1 aliphatic heterocycles. The number of carbonyl (C=O) groups excluding carboxylic acids is 1. The highest BCUT2D eigenvalue weighted by atomic mass is 16.7. The molecular weight excluding hydrogens is 328 g/mol. The van der Waals surface area contributed by atoms with Crippen molar-refractivity contribution < 1.29 is 19.4 Å². The van der Waals surface area contributed by atoms with E-state index in [2.05, 4.69) is 27.4 Å². The van der Waals surface area contributed by atoms with E-state index in [-0.39, 0.29) is 22.9 Å². The summed E-state index contributed by atoms with van der Waals surface area (Å²) in [7, 11) is 0. The van der Waals surface area contributed by atoms with E-state index < -0.39 is 6.29 Å². The van der Waals surface area contributed by atoms with Crippen LogP contribution in [0.2, 0.25) is 0 Å². The van der Waals surface area contributed by atoms with E-state index >= 15 is 0 Å². The minimum Gasteiger partial charge on any atom is -0.429 e. The van der Waals surface area contributed by atoms with Crippen LogP contribution < -0.4 is 0 Å². The van der Waals surface area contributed by atoms with E-state index in [1.807, 2.05) is 13.0 Å². The molecule has 2 aliphatic carbocycles. The Bertz CT molecular complexity index is 609. The van der Waals surface area contributed by atoms with Gasteiger partial charge in [0.05, 0.1) is 6.10 Å². The van der Waals surface area contributed by atoms with Gasteiger partial charge in [-0.3, -0.25) is 0 Å². The maximum atomic E-state index is 12.1. The molecule has 2 saturated carbocycles. The van der Waals surface area contributed by atoms with Crippen LogP contribution in [0.1, 0.15) is 66.2 Å². The zero-order valence-corrected chi connectivity index (χ0v) is 16.7. The molecule has 4 nitrogen and oxygen atoms in total. The summed E-state index contributed by atoms with van der Waals surface area (Å²) in [4.78, 5) is 12.1. The van der Waals surface area contributed by atoms with Gasteiger partial charge in [0.15, 0.2) is 0 Å². The number of rotatable bonds is 5. The second-order valence-corrected chi connectivity index (χ2v) is 8.91. The number of ether oxygens (including phenoxy) is 2. The molecular formula is C22H34O4. The Labute approximate surface area is 157 Å². The fourth-order valence-electron chi connectivity index (χ4n) is 5.71. The molecule has 2 fully saturated rings. The van der Waals surface area contributed by atoms with E-state index in [0.717, 1.165) is 37.7 Å². The first-order valence-electron chi connectivity index (χ1n) is 10.1. The highest BCUT2D eigenvalue weighted by Crippen LogP contribution is 2.62. The minimum absolute atomic E-state index is 0.0716. The summed E-state index contributed by atoms with van der Waals surface area (Å²) < 4.78 is 10.7. The third-order valence-electron chi connectivity index (χ3n) is 7.73. The van der Waals surface area contributed by atoms with Crippen molar-refractivity contribution >= 4 is 5.97 Å². The quantitative estimate of drug-likeness (QED) is 0.582. The van der Waals surface area contributed by atoms with Crippen molar-refractivity contribution in [1.82, 2.24) is 0 Å². The van der Waals surface area contributed by atoms with Crippen molar-refractivity contribution in [2.24, 2.45) is 22.7 Å². The molecule has 0 amide bonds. The van der Waals surface area contributed by atoms with Crippen molar-refractivity contribution in [3.8, 4) is 0 Å². The van der Waals surface area contributed by atoms with Crippen LogP contribution in [-0.2, 0) is 14.3 Å². The van der Waals surface area contributed by atoms with Crippen molar-refractivity contribution in [1.29, 1.82) is 0 Å². The van der Waals surface area contributed by atoms with Crippen LogP contribution >= 0.6 is 0 Å². The highest BCUT2D eigenvalue weighted by Gasteiger charge is 2.57. The van der Waals surface area contributed by atoms with Crippen molar-refractivity contribution in [3.63, 3.8) is 0 Å². The van der Waals surface area contributed by atoms with Crippen LogP contribution in [0, 0.1) is 22.7 Å². The molecule has 0 bridgehead atoms. The zero-order chi connectivity index (χ0) is 19.1. The topological polar surface area (TPSA) is 55.8 Å². The number of carbonyl (C=O) groups is 1. The lowest BCUT2D eigenvalue weighted by atomic mass is 9.45. The Hall–Kier alpha value is -1.13. The average Bonchev–Trinajstić information content (AvgIpc) is 2.93. The molecule has 26 heavy (non-hydrogen) atoms. The molecule has 0 spiro atoms. The lowest BCUT2D eigenvalue weighted by molar-refractivity contribution is -0.158. The first kappa shape index (κ1) is 19.6. The number of hydrogen-bond acceptors (Lipinski definition) is 4. The fraction of sp³-hybridized carbons (Fsp3) is 0.773. The number of cyclic esters (lactones) is 1. The number of hydrogen-bond donors (Lipinski definition) is 1. The Morgan fingerprint density at radius 3 is 2.85 bits per heavy atom. The Morgan fingerprint density at radius 1 is 1.42 bits per heavy atom. The molecule has 0 aromatic heterocycles. The summed E-state index contributed by atoms with van der Waals surface area (Å²) in [5.74, 6) is 0.560. The van der Waals surface area contributed by atoms with Gasteiger partial charge >= 0.3 is 5.97 Å². The molecule has 3 rings (SSSR count). The third-order valence-corrected chi connectivity index (χ3v) is 7.73. The number of fused-ring (bicyclic) bond motifs is 1. The van der Waals surface area contributed by atoms with Gasteiger partial charge in [0.25, 0.3) is 0 Å². The molecule has 6 atom stereocenters. The SMILES string of the molecule is C=C1CCC[C@@H]2[C@@](C)(CCC3=C[C@H](OCC)OC3=O)[C@H](C)C[C@H](O)[C@@]12C. The fourth-order valence-corrected chi connectivity index (χ4v) is 5.71. The summed E-state index contributed by atoms with van der Waals surface area (Å²) in [6.07, 6.45) is 6.70. The Kier molecular flexibility index (Phi) is 5.38. The summed E-state index contributed by atoms with van der Waals surface area (Å²) in [6, 6.07) is 0. The Morgan fingerprint density at radius 2 is 2.15 bits per heavy atom. The molecule has 0 unspecified atom stereocenters. The lowest BCUT2D eigenvalue weighted by Gasteiger charge is -2.60. The maximum absolute atomic E-state index is 12.1. The lowest BCUT2D eigenvalue weighted by Crippen LogP contribution is -2.57. The standard InChI is InChI=1S/C22H34O4/c1-6-25-19-13-16(20(24)26-19)10-11-21(4)15(3)12-18(23)22(5)14(2)8-7-9-17(21)22/h13,15,17-19,23H,2,6-12H2,1,3-5H3/t15-,17-,18+,19-,21+,22+/m1/s1. The van der Waals surface area contributed by atoms with Gasteiger partial charge in [0, 0.05) is 17.6 Å². The van der Waals surface area contributed by atoms with E-state index in [9.17, 15) is 9.90 Å². The van der Waals surface area contributed by atoms with Crippen LogP contribution in [0.25, 0.3) is 0 Å². The summed E-state index contributed by atoms with van der Waals surface area (Å²) in [5.41, 5.74) is 1.80. The molecule has 3 aliphatic rings. The van der Waals surface area contributed by atoms with Crippen LogP contribution in [0.15, 0.2) is 23.8 Å². The van der Waals surface area contributed by atoms with Crippen molar-refractivity contribution in [3.05, 3.63) is 23.8 Å². The number of aliphatic hydroxyl groups excluding tert-OH is 1. The van der Waals surface area contributed by atoms with E-state index in [1.54, 1.807) is 0 Å². The van der Waals surface area contributed by atoms with Gasteiger partial charge < -0.3 is 14.6 Å². The first-order valence-corrected chi connectivity index (χ1v) is 10.1. The van der Waals surface area contributed by atoms with E-state index in [4.69, 9.17) is 9.47 Å². The van der Waals surface area contributed by atoms with Crippen LogP contribution in [0.4, 0.5) is 0 Å². The molecule has 0 aromatic rings. The highest BCUT2D eigenvalue weighted by molar-refractivity contribution is 5.90. The maximum Gasteiger partial charge on any atom is 0.336 e. The van der Waals surface area contributed by atoms with Gasteiger partial charge in [-0.1, -0.05) is 32.9 Å². The van der Waals surface area contributed by atoms with E-state index in [0.29, 0.717) is 24.9 Å². The second kappa shape index (κ2) is 7.12. The van der Waals surface area contributed by atoms with Gasteiger partial charge in [-0.15, -0.1) is 0 Å². The van der Waals surface area contributed by atoms with Gasteiger partial charge in [0.1, 0.15) is 0 Å². The minimum atomic E-state index is -0.527. The molecule has 4 heteroatoms. The smallest absolute Gasteiger partial charge is 0.336 e. The average molecular weight is 363 g/mol. The largest absolute Gasteiger partial charge is 0.429 e. The molecule has 0 aromatic carbocycles. The molecule has 1 heterocycles. The summed E-state index contributed by atoms with van der Waals surface area (Å²) in [5, 5.41) is 10.9. The monoisotopic (exact) mass is 362 g/mol. The summed E-state index contributed by atoms with van der Waals surface area (Å²) in [6.45, 7) is 13.6. The van der Waals surface area contributed by atoms with Crippen molar-refractivity contribution in [2.45, 2.75) is 78.6 Å². The normalized spacial score (nSPS) is 43.0. The van der Waals surface area contributed by atoms with Crippen LogP contribution in [0.3, 0.4) is 0 Å². The second-order valence-electron chi connectivity index (χ2n) is 8.91. The number of aliphatic hydroxyl groups is 1. The van der Waals surface area contributed by atoms with Crippen LogP contribution in [-0.4, -0.2) is 30.1 Å². The van der Waals surface area contributed by atoms with Gasteiger partial charge in [-0.2, -0.15) is 0 Å². The Balaban J connectivity index is 1.80. The van der Waals surface area contributed by atoms with Gasteiger partial charge in [-0.25, -0.2) is 4.79 Å². The predicted octanol–water partition coefficient (Wildman–Crippen LogP) is 4.38. The predicted molar refractivity (Wildman–Crippen MR) is 101 cm³/mol. The molecule has 0 radical (unpaired) electrons. The van der Waals surface area contributed by atoms with Gasteiger partial charge in [0.2, 0.25) is 6.29 Å². The van der Waals surface area contributed by atoms with E-state index in [1.165, 1.54) is 5.57 Å². The molecule has 1 N–H and O–H groups in total. The first-order chi connectivity index (χ1) is 12.2. The zero-order valence-electron chi connectivity index (χ0n) is 16.7. The van der Waals surface area contributed by atoms with Gasteiger partial charge in [-0.05, 0) is 68.8 Å². The van der Waals surface area contributed by atoms with Crippen molar-refractivity contribution in [2.75, 3.05) is 6.61 Å². The third kappa shape index (κ3) is 3.05. The molecule has 146 valence electrons. The summed E-state index contributed by atoms with van der Waals surface area (Å²) >= 11 is 0. The van der Waals surface area contributed by atoms with Crippen LogP contribution in [0.5, 0.6) is 0 Å². The molecule has 0 saturated heterocycles. The number of esters is 1.